The van der Waals surface area contributed by atoms with E-state index in [1.54, 1.807) is 0 Å². The largest absolute Gasteiger partial charge is 0.487 e. The highest BCUT2D eigenvalue weighted by molar-refractivity contribution is 5.80. The van der Waals surface area contributed by atoms with Gasteiger partial charge >= 0.3 is 0 Å². The Morgan fingerprint density at radius 3 is 2.96 bits per heavy atom. The van der Waals surface area contributed by atoms with Crippen molar-refractivity contribution < 1.29 is 14.2 Å². The molecule has 2 atom stereocenters. The molecular weight excluding hydrogens is 354 g/mol. The molecular formula is C22H35N3O3. The second-order valence-electron chi connectivity index (χ2n) is 8.22. The van der Waals surface area contributed by atoms with Crippen LogP contribution in [0.2, 0.25) is 0 Å². The number of para-hydroxylation sites is 1. The van der Waals surface area contributed by atoms with E-state index in [0.717, 1.165) is 70.5 Å². The van der Waals surface area contributed by atoms with Crippen molar-refractivity contribution in [2.45, 2.75) is 51.7 Å². The number of nitrogens with zero attached hydrogens (tertiary/aromatic N) is 1. The first-order chi connectivity index (χ1) is 13.6. The number of ether oxygens (including phenoxy) is 3. The maximum Gasteiger partial charge on any atom is 0.191 e. The Morgan fingerprint density at radius 2 is 2.18 bits per heavy atom. The van der Waals surface area contributed by atoms with Crippen LogP contribution in [0.1, 0.15) is 51.6 Å². The van der Waals surface area contributed by atoms with E-state index < -0.39 is 0 Å². The van der Waals surface area contributed by atoms with Crippen LogP contribution in [0.3, 0.4) is 0 Å². The zero-order valence-corrected chi connectivity index (χ0v) is 17.5. The van der Waals surface area contributed by atoms with Crippen LogP contribution in [0.15, 0.2) is 29.3 Å². The van der Waals surface area contributed by atoms with E-state index in [0.29, 0.717) is 5.92 Å². The fraction of sp³-hybridized carbons (Fsp3) is 0.682. The summed E-state index contributed by atoms with van der Waals surface area (Å²) in [4.78, 5) is 4.75. The Labute approximate surface area is 169 Å². The summed E-state index contributed by atoms with van der Waals surface area (Å²) in [6.45, 7) is 11.2. The van der Waals surface area contributed by atoms with Crippen LogP contribution in [-0.4, -0.2) is 51.1 Å². The summed E-state index contributed by atoms with van der Waals surface area (Å²) in [5, 5.41) is 6.97. The summed E-state index contributed by atoms with van der Waals surface area (Å²) in [6.07, 6.45) is 2.93. The number of fused-ring (bicyclic) bond motifs is 1. The van der Waals surface area contributed by atoms with Crippen LogP contribution >= 0.6 is 0 Å². The third-order valence-electron chi connectivity index (χ3n) is 5.13. The van der Waals surface area contributed by atoms with Crippen molar-refractivity contribution in [3.05, 3.63) is 29.8 Å². The minimum Gasteiger partial charge on any atom is -0.487 e. The maximum absolute atomic E-state index is 6.13. The summed E-state index contributed by atoms with van der Waals surface area (Å²) in [7, 11) is 0. The second-order valence-corrected chi connectivity index (χ2v) is 8.22. The van der Waals surface area contributed by atoms with Gasteiger partial charge in [0, 0.05) is 44.2 Å². The molecule has 3 rings (SSSR count). The molecule has 2 heterocycles. The molecule has 2 aliphatic rings. The average molecular weight is 390 g/mol. The van der Waals surface area contributed by atoms with Crippen LogP contribution in [0.25, 0.3) is 0 Å². The second kappa shape index (κ2) is 10.1. The summed E-state index contributed by atoms with van der Waals surface area (Å²) in [5.74, 6) is 2.38. The first-order valence-electron chi connectivity index (χ1n) is 10.6. The molecule has 0 saturated carbocycles. The highest BCUT2D eigenvalue weighted by Crippen LogP contribution is 2.39. The van der Waals surface area contributed by atoms with Gasteiger partial charge in [0.05, 0.1) is 19.3 Å². The molecule has 2 aliphatic heterocycles. The maximum atomic E-state index is 6.13. The van der Waals surface area contributed by atoms with Crippen LogP contribution in [0.4, 0.5) is 0 Å². The van der Waals surface area contributed by atoms with Crippen molar-refractivity contribution in [3.63, 3.8) is 0 Å². The van der Waals surface area contributed by atoms with Crippen LogP contribution in [0, 0.1) is 5.92 Å². The molecule has 1 aromatic carbocycles. The fourth-order valence-corrected chi connectivity index (χ4v) is 3.74. The van der Waals surface area contributed by atoms with Crippen LogP contribution in [-0.2, 0) is 9.47 Å². The van der Waals surface area contributed by atoms with Gasteiger partial charge in [0.25, 0.3) is 0 Å². The highest BCUT2D eigenvalue weighted by atomic mass is 16.5. The van der Waals surface area contributed by atoms with Crippen molar-refractivity contribution in [3.8, 4) is 5.75 Å². The van der Waals surface area contributed by atoms with Crippen molar-refractivity contribution in [2.24, 2.45) is 10.9 Å². The lowest BCUT2D eigenvalue weighted by molar-refractivity contribution is 0.0694. The molecule has 0 amide bonds. The molecule has 6 nitrogen and oxygen atoms in total. The standard InChI is InChI=1S/C22H35N3O3/c1-4-23-21(24-11-7-12-26-15-17-10-13-27-16-17)25-19-14-22(2,3)28-20-9-6-5-8-18(19)20/h5-6,8-9,17,19H,4,7,10-16H2,1-3H3,(H2,23,24,25). The van der Waals surface area contributed by atoms with E-state index in [1.165, 1.54) is 5.56 Å². The Morgan fingerprint density at radius 1 is 1.32 bits per heavy atom. The van der Waals surface area contributed by atoms with Crippen molar-refractivity contribution in [2.75, 3.05) is 39.5 Å². The predicted octanol–water partition coefficient (Wildman–Crippen LogP) is 3.29. The van der Waals surface area contributed by atoms with E-state index in [2.05, 4.69) is 43.5 Å². The van der Waals surface area contributed by atoms with Gasteiger partial charge in [-0.15, -0.1) is 0 Å². The van der Waals surface area contributed by atoms with E-state index in [-0.39, 0.29) is 11.6 Å². The smallest absolute Gasteiger partial charge is 0.191 e. The Bertz CT molecular complexity index is 642. The molecule has 1 aromatic rings. The van der Waals surface area contributed by atoms with Crippen molar-refractivity contribution >= 4 is 5.96 Å². The number of rotatable bonds is 8. The molecule has 1 fully saturated rings. The Balaban J connectivity index is 1.51. The van der Waals surface area contributed by atoms with Gasteiger partial charge in [-0.2, -0.15) is 0 Å². The Hall–Kier alpha value is -1.79. The zero-order chi connectivity index (χ0) is 19.8. The summed E-state index contributed by atoms with van der Waals surface area (Å²) < 4.78 is 17.3. The molecule has 0 aliphatic carbocycles. The van der Waals surface area contributed by atoms with Crippen molar-refractivity contribution in [1.82, 2.24) is 10.6 Å². The summed E-state index contributed by atoms with van der Waals surface area (Å²) in [5.41, 5.74) is 0.982. The summed E-state index contributed by atoms with van der Waals surface area (Å²) in [6, 6.07) is 8.44. The van der Waals surface area contributed by atoms with E-state index >= 15 is 0 Å². The van der Waals surface area contributed by atoms with Crippen molar-refractivity contribution in [1.29, 1.82) is 0 Å². The average Bonchev–Trinajstić information content (AvgIpc) is 3.17. The van der Waals surface area contributed by atoms with E-state index in [1.807, 2.05) is 12.1 Å². The third kappa shape index (κ3) is 6.11. The SMILES string of the molecule is CCNC(=NCCCOCC1CCOC1)NC1CC(C)(C)Oc2ccccc21. The molecule has 156 valence electrons. The quantitative estimate of drug-likeness (QED) is 0.406. The Kier molecular flexibility index (Phi) is 7.57. The lowest BCUT2D eigenvalue weighted by Crippen LogP contribution is -2.45. The number of guanidine groups is 1. The topological polar surface area (TPSA) is 64.1 Å². The van der Waals surface area contributed by atoms with Gasteiger partial charge < -0.3 is 24.8 Å². The normalized spacial score (nSPS) is 23.8. The number of nitrogens with one attached hydrogen (secondary N) is 2. The number of benzene rings is 1. The molecule has 2 N–H and O–H groups in total. The lowest BCUT2D eigenvalue weighted by Gasteiger charge is -2.38. The van der Waals surface area contributed by atoms with Gasteiger partial charge in [-0.1, -0.05) is 18.2 Å². The van der Waals surface area contributed by atoms with Crippen LogP contribution < -0.4 is 15.4 Å². The minimum absolute atomic E-state index is 0.177. The number of hydrogen-bond acceptors (Lipinski definition) is 4. The first kappa shape index (κ1) is 20.9. The van der Waals surface area contributed by atoms with Gasteiger partial charge in [-0.05, 0) is 39.7 Å². The molecule has 28 heavy (non-hydrogen) atoms. The molecule has 0 radical (unpaired) electrons. The van der Waals surface area contributed by atoms with E-state index in [9.17, 15) is 0 Å². The van der Waals surface area contributed by atoms with Gasteiger partial charge in [0.1, 0.15) is 11.4 Å². The monoisotopic (exact) mass is 389 g/mol. The highest BCUT2D eigenvalue weighted by Gasteiger charge is 2.33. The lowest BCUT2D eigenvalue weighted by atomic mass is 9.90. The fourth-order valence-electron chi connectivity index (χ4n) is 3.74. The third-order valence-corrected chi connectivity index (χ3v) is 5.13. The molecule has 6 heteroatoms. The predicted molar refractivity (Wildman–Crippen MR) is 112 cm³/mol. The molecule has 0 aromatic heterocycles. The van der Waals surface area contributed by atoms with Gasteiger partial charge in [0.15, 0.2) is 5.96 Å². The van der Waals surface area contributed by atoms with Gasteiger partial charge in [-0.25, -0.2) is 0 Å². The summed E-state index contributed by atoms with van der Waals surface area (Å²) >= 11 is 0. The van der Waals surface area contributed by atoms with Gasteiger partial charge in [-0.3, -0.25) is 4.99 Å². The first-order valence-corrected chi connectivity index (χ1v) is 10.6. The molecule has 0 spiro atoms. The molecule has 2 unspecified atom stereocenters. The zero-order valence-electron chi connectivity index (χ0n) is 17.5. The number of hydrogen-bond donors (Lipinski definition) is 2. The molecule has 0 bridgehead atoms. The van der Waals surface area contributed by atoms with Gasteiger partial charge in [0.2, 0.25) is 0 Å². The minimum atomic E-state index is -0.207. The van der Waals surface area contributed by atoms with Crippen LogP contribution in [0.5, 0.6) is 5.75 Å². The number of aliphatic imine (C=N–C) groups is 1. The van der Waals surface area contributed by atoms with E-state index in [4.69, 9.17) is 19.2 Å². The molecule has 1 saturated heterocycles.